The Morgan fingerprint density at radius 3 is 2.32 bits per heavy atom. The van der Waals surface area contributed by atoms with Crippen molar-refractivity contribution in [3.8, 4) is 0 Å². The van der Waals surface area contributed by atoms with Gasteiger partial charge in [-0.25, -0.2) is 4.79 Å². The molecule has 0 saturated carbocycles. The van der Waals surface area contributed by atoms with E-state index in [1.807, 2.05) is 6.92 Å². The van der Waals surface area contributed by atoms with Crippen LogP contribution in [-0.4, -0.2) is 80.1 Å². The summed E-state index contributed by atoms with van der Waals surface area (Å²) in [6.07, 6.45) is 0. The molecule has 2 heterocycles. The van der Waals surface area contributed by atoms with Crippen molar-refractivity contribution >= 4 is 11.9 Å². The molecule has 1 unspecified atom stereocenters. The van der Waals surface area contributed by atoms with Crippen LogP contribution in [0, 0.1) is 0 Å². The lowest BCUT2D eigenvalue weighted by atomic mass is 10.1. The molecule has 3 amide bonds. The maximum atomic E-state index is 11.9. The molecule has 2 saturated heterocycles. The van der Waals surface area contributed by atoms with Gasteiger partial charge in [-0.3, -0.25) is 19.9 Å². The zero-order chi connectivity index (χ0) is 13.8. The van der Waals surface area contributed by atoms with Crippen LogP contribution in [-0.2, 0) is 4.79 Å². The number of rotatable bonds is 3. The maximum absolute atomic E-state index is 11.9. The normalized spacial score (nSPS) is 23.5. The summed E-state index contributed by atoms with van der Waals surface area (Å²) >= 11 is 0. The Bertz CT molecular complexity index is 337. The van der Waals surface area contributed by atoms with E-state index in [0.717, 1.165) is 39.3 Å². The lowest BCUT2D eigenvalue weighted by Crippen LogP contribution is -2.63. The first-order chi connectivity index (χ1) is 9.11. The molecule has 108 valence electrons. The van der Waals surface area contributed by atoms with Crippen LogP contribution in [0.1, 0.15) is 6.92 Å². The minimum absolute atomic E-state index is 0.238. The van der Waals surface area contributed by atoms with Crippen LogP contribution in [0.3, 0.4) is 0 Å². The van der Waals surface area contributed by atoms with Crippen LogP contribution in [0.2, 0.25) is 0 Å². The van der Waals surface area contributed by atoms with Gasteiger partial charge in [-0.1, -0.05) is 0 Å². The van der Waals surface area contributed by atoms with Crippen LogP contribution in [0.4, 0.5) is 4.79 Å². The number of nitrogens with one attached hydrogen (secondary N) is 3. The van der Waals surface area contributed by atoms with Crippen molar-refractivity contribution in [1.29, 1.82) is 0 Å². The van der Waals surface area contributed by atoms with Crippen molar-refractivity contribution < 1.29 is 9.59 Å². The lowest BCUT2D eigenvalue weighted by molar-refractivity contribution is -0.125. The van der Waals surface area contributed by atoms with Gasteiger partial charge in [0.05, 0.1) is 6.04 Å². The molecular formula is C12H23N5O2. The average molecular weight is 269 g/mol. The summed E-state index contributed by atoms with van der Waals surface area (Å²) in [6, 6.07) is -0.0489. The highest BCUT2D eigenvalue weighted by atomic mass is 16.2. The fourth-order valence-corrected chi connectivity index (χ4v) is 2.47. The van der Waals surface area contributed by atoms with Crippen LogP contribution in [0.25, 0.3) is 0 Å². The number of nitrogens with zero attached hydrogens (tertiary/aromatic N) is 2. The summed E-state index contributed by atoms with van der Waals surface area (Å²) < 4.78 is 0. The van der Waals surface area contributed by atoms with E-state index in [1.54, 1.807) is 0 Å². The second-order valence-electron chi connectivity index (χ2n) is 5.13. The van der Waals surface area contributed by atoms with Crippen molar-refractivity contribution in [3.63, 3.8) is 0 Å². The Morgan fingerprint density at radius 2 is 1.84 bits per heavy atom. The van der Waals surface area contributed by atoms with Gasteiger partial charge in [-0.15, -0.1) is 0 Å². The highest BCUT2D eigenvalue weighted by Gasteiger charge is 2.31. The standard InChI is InChI=1S/C12H23N5O2/c1-9(11(18)15-12(19)13-2)16-3-5-17(6-4-16)10-7-14-8-10/h9-10,14H,3-8H2,1-2H3,(H2,13,15,18,19). The molecule has 0 radical (unpaired) electrons. The topological polar surface area (TPSA) is 76.7 Å². The first-order valence-electron chi connectivity index (χ1n) is 6.83. The summed E-state index contributed by atoms with van der Waals surface area (Å²) in [5.74, 6) is -0.238. The molecular weight excluding hydrogens is 246 g/mol. The number of urea groups is 1. The van der Waals surface area contributed by atoms with E-state index in [4.69, 9.17) is 0 Å². The third-order valence-corrected chi connectivity index (χ3v) is 4.02. The van der Waals surface area contributed by atoms with Gasteiger partial charge >= 0.3 is 6.03 Å². The SMILES string of the molecule is CNC(=O)NC(=O)C(C)N1CCN(C2CNC2)CC1. The Kier molecular flexibility index (Phi) is 4.73. The van der Waals surface area contributed by atoms with E-state index in [2.05, 4.69) is 25.8 Å². The summed E-state index contributed by atoms with van der Waals surface area (Å²) in [7, 11) is 1.50. The molecule has 7 heteroatoms. The van der Waals surface area contributed by atoms with E-state index in [9.17, 15) is 9.59 Å². The minimum atomic E-state index is -0.448. The molecule has 0 spiro atoms. The van der Waals surface area contributed by atoms with Crippen LogP contribution in [0.15, 0.2) is 0 Å². The maximum Gasteiger partial charge on any atom is 0.321 e. The van der Waals surface area contributed by atoms with Crippen molar-refractivity contribution in [2.45, 2.75) is 19.0 Å². The zero-order valence-corrected chi connectivity index (χ0v) is 11.6. The van der Waals surface area contributed by atoms with Gasteiger partial charge in [-0.2, -0.15) is 0 Å². The van der Waals surface area contributed by atoms with Gasteiger partial charge in [0.2, 0.25) is 5.91 Å². The number of hydrogen-bond acceptors (Lipinski definition) is 5. The smallest absolute Gasteiger partial charge is 0.321 e. The highest BCUT2D eigenvalue weighted by molar-refractivity contribution is 5.96. The molecule has 0 bridgehead atoms. The predicted molar refractivity (Wildman–Crippen MR) is 71.9 cm³/mol. The van der Waals surface area contributed by atoms with Crippen molar-refractivity contribution in [3.05, 3.63) is 0 Å². The van der Waals surface area contributed by atoms with Crippen molar-refractivity contribution in [2.24, 2.45) is 0 Å². The fraction of sp³-hybridized carbons (Fsp3) is 0.833. The van der Waals surface area contributed by atoms with Crippen LogP contribution in [0.5, 0.6) is 0 Å². The Hall–Kier alpha value is -1.18. The number of amides is 3. The summed E-state index contributed by atoms with van der Waals surface area (Å²) in [4.78, 5) is 27.6. The first-order valence-corrected chi connectivity index (χ1v) is 6.83. The number of carbonyl (C=O) groups excluding carboxylic acids is 2. The van der Waals surface area contributed by atoms with E-state index < -0.39 is 6.03 Å². The van der Waals surface area contributed by atoms with Gasteiger partial charge in [0.15, 0.2) is 0 Å². The molecule has 7 nitrogen and oxygen atoms in total. The number of hydrogen-bond donors (Lipinski definition) is 3. The summed E-state index contributed by atoms with van der Waals surface area (Å²) in [5, 5.41) is 7.99. The number of piperazine rings is 1. The van der Waals surface area contributed by atoms with Gasteiger partial charge in [0.25, 0.3) is 0 Å². The molecule has 2 fully saturated rings. The zero-order valence-electron chi connectivity index (χ0n) is 11.6. The largest absolute Gasteiger partial charge is 0.341 e. The van der Waals surface area contributed by atoms with E-state index in [1.165, 1.54) is 7.05 Å². The number of carbonyl (C=O) groups is 2. The predicted octanol–water partition coefficient (Wildman–Crippen LogP) is -1.58. The van der Waals surface area contributed by atoms with Gasteiger partial charge in [0, 0.05) is 52.4 Å². The average Bonchev–Trinajstić information content (AvgIpc) is 2.36. The third-order valence-electron chi connectivity index (χ3n) is 4.02. The molecule has 3 N–H and O–H groups in total. The molecule has 0 aliphatic carbocycles. The van der Waals surface area contributed by atoms with E-state index >= 15 is 0 Å². The molecule has 2 aliphatic heterocycles. The monoisotopic (exact) mass is 269 g/mol. The Labute approximate surface area is 113 Å². The highest BCUT2D eigenvalue weighted by Crippen LogP contribution is 2.11. The lowest BCUT2D eigenvalue weighted by Gasteiger charge is -2.44. The van der Waals surface area contributed by atoms with Crippen molar-refractivity contribution in [2.75, 3.05) is 46.3 Å². The second kappa shape index (κ2) is 6.31. The third kappa shape index (κ3) is 3.43. The fourth-order valence-electron chi connectivity index (χ4n) is 2.47. The van der Waals surface area contributed by atoms with E-state index in [-0.39, 0.29) is 11.9 Å². The minimum Gasteiger partial charge on any atom is -0.341 e. The van der Waals surface area contributed by atoms with Gasteiger partial charge in [0.1, 0.15) is 0 Å². The van der Waals surface area contributed by atoms with Gasteiger partial charge in [-0.05, 0) is 6.92 Å². The molecule has 19 heavy (non-hydrogen) atoms. The van der Waals surface area contributed by atoms with Gasteiger partial charge < -0.3 is 10.6 Å². The molecule has 0 aromatic heterocycles. The molecule has 0 aromatic carbocycles. The molecule has 2 aliphatic rings. The summed E-state index contributed by atoms with van der Waals surface area (Å²) in [6.45, 7) is 7.73. The van der Waals surface area contributed by atoms with E-state index in [0.29, 0.717) is 6.04 Å². The second-order valence-corrected chi connectivity index (χ2v) is 5.13. The van der Waals surface area contributed by atoms with Crippen LogP contribution < -0.4 is 16.0 Å². The first kappa shape index (κ1) is 14.2. The molecule has 2 rings (SSSR count). The molecule has 1 atom stereocenters. The van der Waals surface area contributed by atoms with Crippen molar-refractivity contribution in [1.82, 2.24) is 25.8 Å². The Balaban J connectivity index is 1.76. The number of imide groups is 1. The van der Waals surface area contributed by atoms with Crippen LogP contribution >= 0.6 is 0 Å². The quantitative estimate of drug-likeness (QED) is 0.576. The summed E-state index contributed by atoms with van der Waals surface area (Å²) in [5.41, 5.74) is 0. The Morgan fingerprint density at radius 1 is 1.21 bits per heavy atom. The molecule has 0 aromatic rings.